The van der Waals surface area contributed by atoms with Crippen LogP contribution in [0, 0.1) is 5.92 Å². The molecule has 6 heteroatoms. The van der Waals surface area contributed by atoms with Crippen LogP contribution in [0.2, 0.25) is 0 Å². The predicted octanol–water partition coefficient (Wildman–Crippen LogP) is 0.179. The molecular formula is C8H15NO4S. The van der Waals surface area contributed by atoms with Gasteiger partial charge in [-0.1, -0.05) is 6.42 Å². The molecule has 0 aromatic rings. The predicted molar refractivity (Wildman–Crippen MR) is 51.4 cm³/mol. The Morgan fingerprint density at radius 2 is 2.14 bits per heavy atom. The van der Waals surface area contributed by atoms with E-state index in [1.165, 1.54) is 6.92 Å². The molecule has 1 aliphatic rings. The lowest BCUT2D eigenvalue weighted by molar-refractivity contribution is -0.141. The average molecular weight is 221 g/mol. The molecule has 1 aliphatic carbocycles. The van der Waals surface area contributed by atoms with Gasteiger partial charge in [-0.05, 0) is 19.8 Å². The second kappa shape index (κ2) is 4.27. The van der Waals surface area contributed by atoms with Crippen LogP contribution in [0.1, 0.15) is 26.2 Å². The summed E-state index contributed by atoms with van der Waals surface area (Å²) in [6.45, 7) is 1.53. The number of aliphatic carboxylic acids is 1. The van der Waals surface area contributed by atoms with Crippen LogP contribution in [-0.2, 0) is 14.8 Å². The number of sulfonamides is 1. The van der Waals surface area contributed by atoms with Crippen molar-refractivity contribution in [1.29, 1.82) is 0 Å². The highest BCUT2D eigenvalue weighted by atomic mass is 32.2. The van der Waals surface area contributed by atoms with Gasteiger partial charge in [0.1, 0.15) is 0 Å². The Hall–Kier alpha value is -0.620. The first kappa shape index (κ1) is 11.5. The third kappa shape index (κ3) is 2.68. The van der Waals surface area contributed by atoms with Gasteiger partial charge < -0.3 is 5.11 Å². The molecule has 82 valence electrons. The van der Waals surface area contributed by atoms with Gasteiger partial charge >= 0.3 is 5.97 Å². The minimum Gasteiger partial charge on any atom is -0.481 e. The van der Waals surface area contributed by atoms with Gasteiger partial charge in [0.25, 0.3) is 0 Å². The average Bonchev–Trinajstić information content (AvgIpc) is 2.51. The molecule has 2 atom stereocenters. The summed E-state index contributed by atoms with van der Waals surface area (Å²) < 4.78 is 24.9. The molecule has 0 spiro atoms. The van der Waals surface area contributed by atoms with Crippen molar-refractivity contribution in [3.05, 3.63) is 0 Å². The summed E-state index contributed by atoms with van der Waals surface area (Å²) >= 11 is 0. The third-order valence-electron chi connectivity index (χ3n) is 2.54. The Kier molecular flexibility index (Phi) is 3.49. The normalized spacial score (nSPS) is 27.8. The lowest BCUT2D eigenvalue weighted by Gasteiger charge is -2.16. The SMILES string of the molecule is CCS(=O)(=O)NC1CCCC1C(=O)O. The Bertz CT molecular complexity index is 311. The molecular weight excluding hydrogens is 206 g/mol. The van der Waals surface area contributed by atoms with Gasteiger partial charge in [0.15, 0.2) is 0 Å². The number of hydrogen-bond donors (Lipinski definition) is 2. The van der Waals surface area contributed by atoms with E-state index in [4.69, 9.17) is 5.11 Å². The second-order valence-electron chi connectivity index (χ2n) is 3.50. The van der Waals surface area contributed by atoms with Crippen molar-refractivity contribution in [2.75, 3.05) is 5.75 Å². The first-order valence-corrected chi connectivity index (χ1v) is 6.34. The number of hydrogen-bond acceptors (Lipinski definition) is 3. The third-order valence-corrected chi connectivity index (χ3v) is 3.97. The monoisotopic (exact) mass is 221 g/mol. The molecule has 0 radical (unpaired) electrons. The summed E-state index contributed by atoms with van der Waals surface area (Å²) in [5.41, 5.74) is 0. The fraction of sp³-hybridized carbons (Fsp3) is 0.875. The Morgan fingerprint density at radius 1 is 1.50 bits per heavy atom. The molecule has 0 aliphatic heterocycles. The maximum atomic E-state index is 11.2. The molecule has 5 nitrogen and oxygen atoms in total. The maximum Gasteiger partial charge on any atom is 0.308 e. The van der Waals surface area contributed by atoms with Crippen LogP contribution in [0.15, 0.2) is 0 Å². The highest BCUT2D eigenvalue weighted by Crippen LogP contribution is 2.26. The van der Waals surface area contributed by atoms with Crippen LogP contribution in [0.5, 0.6) is 0 Å². The summed E-state index contributed by atoms with van der Waals surface area (Å²) in [6, 6.07) is -0.419. The molecule has 14 heavy (non-hydrogen) atoms. The van der Waals surface area contributed by atoms with Gasteiger partial charge in [0.2, 0.25) is 10.0 Å². The van der Waals surface area contributed by atoms with E-state index in [1.54, 1.807) is 0 Å². The number of rotatable bonds is 4. The molecule has 0 saturated heterocycles. The minimum absolute atomic E-state index is 0.00413. The van der Waals surface area contributed by atoms with E-state index in [9.17, 15) is 13.2 Å². The van der Waals surface area contributed by atoms with Crippen LogP contribution in [0.25, 0.3) is 0 Å². The van der Waals surface area contributed by atoms with Crippen LogP contribution in [0.3, 0.4) is 0 Å². The molecule has 0 heterocycles. The fourth-order valence-electron chi connectivity index (χ4n) is 1.71. The zero-order valence-electron chi connectivity index (χ0n) is 8.06. The number of carboxylic acids is 1. The van der Waals surface area contributed by atoms with E-state index >= 15 is 0 Å². The number of carboxylic acid groups (broad SMARTS) is 1. The molecule has 1 saturated carbocycles. The van der Waals surface area contributed by atoms with Crippen molar-refractivity contribution in [3.8, 4) is 0 Å². The van der Waals surface area contributed by atoms with Gasteiger partial charge in [0.05, 0.1) is 11.7 Å². The summed E-state index contributed by atoms with van der Waals surface area (Å²) in [6.07, 6.45) is 1.95. The van der Waals surface area contributed by atoms with Crippen LogP contribution >= 0.6 is 0 Å². The van der Waals surface area contributed by atoms with Crippen molar-refractivity contribution >= 4 is 16.0 Å². The summed E-state index contributed by atoms with van der Waals surface area (Å²) in [5.74, 6) is -1.47. The largest absolute Gasteiger partial charge is 0.481 e. The van der Waals surface area contributed by atoms with Gasteiger partial charge in [-0.15, -0.1) is 0 Å². The molecule has 1 rings (SSSR count). The van der Waals surface area contributed by atoms with E-state index in [2.05, 4.69) is 4.72 Å². The standard InChI is InChI=1S/C8H15NO4S/c1-2-14(12,13)9-7-5-3-4-6(7)8(10)11/h6-7,9H,2-5H2,1H3,(H,10,11). The molecule has 0 bridgehead atoms. The highest BCUT2D eigenvalue weighted by molar-refractivity contribution is 7.89. The minimum atomic E-state index is -3.28. The first-order chi connectivity index (χ1) is 6.46. The van der Waals surface area contributed by atoms with E-state index in [-0.39, 0.29) is 5.75 Å². The molecule has 0 aromatic carbocycles. The Balaban J connectivity index is 2.65. The van der Waals surface area contributed by atoms with Gasteiger partial charge in [-0.2, -0.15) is 0 Å². The second-order valence-corrected chi connectivity index (χ2v) is 5.55. The topological polar surface area (TPSA) is 83.5 Å². The molecule has 2 unspecified atom stereocenters. The van der Waals surface area contributed by atoms with Crippen LogP contribution in [-0.4, -0.2) is 31.3 Å². The number of carbonyl (C=O) groups is 1. The number of nitrogens with one attached hydrogen (secondary N) is 1. The van der Waals surface area contributed by atoms with Crippen molar-refractivity contribution in [2.24, 2.45) is 5.92 Å². The van der Waals surface area contributed by atoms with Crippen molar-refractivity contribution in [1.82, 2.24) is 4.72 Å². The smallest absolute Gasteiger partial charge is 0.308 e. The summed E-state index contributed by atoms with van der Waals surface area (Å²) in [5, 5.41) is 8.82. The van der Waals surface area contributed by atoms with E-state index in [0.717, 1.165) is 6.42 Å². The van der Waals surface area contributed by atoms with E-state index in [0.29, 0.717) is 12.8 Å². The zero-order chi connectivity index (χ0) is 10.8. The van der Waals surface area contributed by atoms with Crippen molar-refractivity contribution < 1.29 is 18.3 Å². The van der Waals surface area contributed by atoms with Crippen LogP contribution < -0.4 is 4.72 Å². The Labute approximate surface area is 83.6 Å². The molecule has 2 N–H and O–H groups in total. The lowest BCUT2D eigenvalue weighted by Crippen LogP contribution is -2.40. The first-order valence-electron chi connectivity index (χ1n) is 4.69. The molecule has 0 amide bonds. The Morgan fingerprint density at radius 3 is 2.64 bits per heavy atom. The highest BCUT2D eigenvalue weighted by Gasteiger charge is 2.34. The molecule has 0 aromatic heterocycles. The van der Waals surface area contributed by atoms with Gasteiger partial charge in [-0.3, -0.25) is 4.79 Å². The maximum absolute atomic E-state index is 11.2. The lowest BCUT2D eigenvalue weighted by atomic mass is 10.1. The zero-order valence-corrected chi connectivity index (χ0v) is 8.88. The van der Waals surface area contributed by atoms with Gasteiger partial charge in [0, 0.05) is 6.04 Å². The molecule has 1 fully saturated rings. The van der Waals surface area contributed by atoms with Crippen LogP contribution in [0.4, 0.5) is 0 Å². The van der Waals surface area contributed by atoms with E-state index in [1.807, 2.05) is 0 Å². The van der Waals surface area contributed by atoms with Crippen molar-refractivity contribution in [2.45, 2.75) is 32.2 Å². The summed E-state index contributed by atoms with van der Waals surface area (Å²) in [7, 11) is -3.28. The quantitative estimate of drug-likeness (QED) is 0.709. The van der Waals surface area contributed by atoms with Crippen molar-refractivity contribution in [3.63, 3.8) is 0 Å². The summed E-state index contributed by atoms with van der Waals surface area (Å²) in [4.78, 5) is 10.8. The van der Waals surface area contributed by atoms with E-state index < -0.39 is 28.0 Å². The van der Waals surface area contributed by atoms with Gasteiger partial charge in [-0.25, -0.2) is 13.1 Å². The fourth-order valence-corrected chi connectivity index (χ4v) is 2.62.